The van der Waals surface area contributed by atoms with E-state index in [1.165, 1.54) is 102 Å². The van der Waals surface area contributed by atoms with Gasteiger partial charge in [0.2, 0.25) is 0 Å². The summed E-state index contributed by atoms with van der Waals surface area (Å²) >= 11 is 6.27. The van der Waals surface area contributed by atoms with Gasteiger partial charge in [0.05, 0.1) is 0 Å². The average molecular weight is 433 g/mol. The minimum Gasteiger partial charge on any atom is -0.300 e. The van der Waals surface area contributed by atoms with Crippen LogP contribution in [0.3, 0.4) is 0 Å². The van der Waals surface area contributed by atoms with Gasteiger partial charge in [0, 0.05) is 16.6 Å². The molecule has 0 radical (unpaired) electrons. The Hall–Kier alpha value is -0.570. The number of halogens is 1. The summed E-state index contributed by atoms with van der Waals surface area (Å²) in [5.41, 5.74) is 1.70. The predicted molar refractivity (Wildman–Crippen MR) is 131 cm³/mol. The molecule has 0 amide bonds. The van der Waals surface area contributed by atoms with Crippen LogP contribution in [-0.4, -0.2) is 42.0 Å². The SMILES string of the molecule is CCCCN(CCCC)C1(c2ccc(Cl)cc2)CCC(N2CCC(CC)CC2)CC1. The van der Waals surface area contributed by atoms with Crippen molar-refractivity contribution in [2.24, 2.45) is 5.92 Å². The van der Waals surface area contributed by atoms with Gasteiger partial charge in [0.25, 0.3) is 0 Å². The summed E-state index contributed by atoms with van der Waals surface area (Å²) in [6.07, 6.45) is 14.6. The third kappa shape index (κ3) is 5.81. The molecular formula is C27H45ClN2. The van der Waals surface area contributed by atoms with E-state index in [0.29, 0.717) is 0 Å². The first kappa shape index (κ1) is 24.1. The van der Waals surface area contributed by atoms with Crippen LogP contribution in [0, 0.1) is 5.92 Å². The first-order valence-electron chi connectivity index (χ1n) is 12.9. The highest BCUT2D eigenvalue weighted by Gasteiger charge is 2.42. The van der Waals surface area contributed by atoms with Crippen molar-refractivity contribution < 1.29 is 0 Å². The van der Waals surface area contributed by atoms with E-state index in [-0.39, 0.29) is 5.54 Å². The van der Waals surface area contributed by atoms with Crippen LogP contribution in [0.1, 0.15) is 97.0 Å². The van der Waals surface area contributed by atoms with Gasteiger partial charge in [-0.1, -0.05) is 63.8 Å². The van der Waals surface area contributed by atoms with E-state index in [1.54, 1.807) is 0 Å². The van der Waals surface area contributed by atoms with E-state index < -0.39 is 0 Å². The predicted octanol–water partition coefficient (Wildman–Crippen LogP) is 7.50. The van der Waals surface area contributed by atoms with E-state index >= 15 is 0 Å². The number of piperidine rings is 1. The lowest BCUT2D eigenvalue weighted by Crippen LogP contribution is -2.53. The molecule has 0 N–H and O–H groups in total. The normalized spacial score (nSPS) is 26.4. The Kier molecular flexibility index (Phi) is 9.54. The third-order valence-corrected chi connectivity index (χ3v) is 8.33. The van der Waals surface area contributed by atoms with E-state index in [1.807, 2.05) is 0 Å². The molecular weight excluding hydrogens is 388 g/mol. The summed E-state index contributed by atoms with van der Waals surface area (Å²) in [4.78, 5) is 5.70. The van der Waals surface area contributed by atoms with Crippen molar-refractivity contribution in [1.82, 2.24) is 9.80 Å². The first-order valence-corrected chi connectivity index (χ1v) is 13.3. The maximum Gasteiger partial charge on any atom is 0.0461 e. The van der Waals surface area contributed by atoms with E-state index in [9.17, 15) is 0 Å². The Labute approximate surface area is 191 Å². The lowest BCUT2D eigenvalue weighted by Gasteiger charge is -2.51. The van der Waals surface area contributed by atoms with Gasteiger partial charge in [0.15, 0.2) is 0 Å². The molecule has 1 saturated heterocycles. The largest absolute Gasteiger partial charge is 0.300 e. The third-order valence-electron chi connectivity index (χ3n) is 8.08. The van der Waals surface area contributed by atoms with Crippen molar-refractivity contribution in [1.29, 1.82) is 0 Å². The van der Waals surface area contributed by atoms with Gasteiger partial charge in [-0.2, -0.15) is 0 Å². The average Bonchev–Trinajstić information content (AvgIpc) is 2.80. The van der Waals surface area contributed by atoms with Gasteiger partial charge >= 0.3 is 0 Å². The van der Waals surface area contributed by atoms with Crippen molar-refractivity contribution in [2.75, 3.05) is 26.2 Å². The zero-order chi connectivity index (χ0) is 21.4. The molecule has 0 bridgehead atoms. The number of hydrogen-bond donors (Lipinski definition) is 0. The topological polar surface area (TPSA) is 6.48 Å². The summed E-state index contributed by atoms with van der Waals surface area (Å²) in [5.74, 6) is 0.969. The molecule has 0 aromatic heterocycles. The monoisotopic (exact) mass is 432 g/mol. The molecule has 0 unspecified atom stereocenters. The molecule has 3 heteroatoms. The van der Waals surface area contributed by atoms with Gasteiger partial charge < -0.3 is 4.90 Å². The smallest absolute Gasteiger partial charge is 0.0461 e. The maximum atomic E-state index is 6.27. The Morgan fingerprint density at radius 1 is 0.900 bits per heavy atom. The lowest BCUT2D eigenvalue weighted by atomic mass is 9.72. The quantitative estimate of drug-likeness (QED) is 0.377. The first-order chi connectivity index (χ1) is 14.6. The number of hydrogen-bond acceptors (Lipinski definition) is 2. The standard InChI is InChI=1S/C27H45ClN2/c1-4-7-19-30(20-8-5-2)27(24-9-11-25(28)12-10-24)17-13-26(14-18-27)29-21-15-23(6-3)16-22-29/h9-12,23,26H,4-8,13-22H2,1-3H3. The number of nitrogens with zero attached hydrogens (tertiary/aromatic N) is 2. The number of benzene rings is 1. The van der Waals surface area contributed by atoms with Gasteiger partial charge in [-0.15, -0.1) is 0 Å². The molecule has 2 fully saturated rings. The minimum absolute atomic E-state index is 0.202. The molecule has 1 aromatic rings. The molecule has 2 aliphatic rings. The molecule has 30 heavy (non-hydrogen) atoms. The fourth-order valence-corrected chi connectivity index (χ4v) is 6.08. The van der Waals surface area contributed by atoms with E-state index in [0.717, 1.165) is 17.0 Å². The Morgan fingerprint density at radius 3 is 1.97 bits per heavy atom. The van der Waals surface area contributed by atoms with Gasteiger partial charge in [-0.05, 0) is 101 Å². The molecule has 0 spiro atoms. The maximum absolute atomic E-state index is 6.27. The van der Waals surface area contributed by atoms with E-state index in [4.69, 9.17) is 11.6 Å². The molecule has 2 nitrogen and oxygen atoms in total. The van der Waals surface area contributed by atoms with Crippen molar-refractivity contribution in [2.45, 2.75) is 103 Å². The zero-order valence-corrected chi connectivity index (χ0v) is 20.6. The fraction of sp³-hybridized carbons (Fsp3) is 0.778. The molecule has 1 saturated carbocycles. The Bertz CT molecular complexity index is 590. The van der Waals surface area contributed by atoms with Gasteiger partial charge in [-0.3, -0.25) is 4.90 Å². The number of rotatable bonds is 10. The van der Waals surface area contributed by atoms with Crippen molar-refractivity contribution in [3.05, 3.63) is 34.9 Å². The molecule has 3 rings (SSSR count). The summed E-state index contributed by atoms with van der Waals surface area (Å²) in [5, 5.41) is 0.857. The number of unbranched alkanes of at least 4 members (excludes halogenated alkanes) is 2. The van der Waals surface area contributed by atoms with E-state index in [2.05, 4.69) is 54.8 Å². The highest BCUT2D eigenvalue weighted by atomic mass is 35.5. The van der Waals surface area contributed by atoms with Crippen LogP contribution in [0.15, 0.2) is 24.3 Å². The second kappa shape index (κ2) is 11.9. The summed E-state index contributed by atoms with van der Waals surface area (Å²) in [6, 6.07) is 9.65. The second-order valence-electron chi connectivity index (χ2n) is 9.85. The molecule has 0 atom stereocenters. The lowest BCUT2D eigenvalue weighted by molar-refractivity contribution is 0.00654. The molecule has 170 valence electrons. The van der Waals surface area contributed by atoms with Crippen LogP contribution in [0.5, 0.6) is 0 Å². The summed E-state index contributed by atoms with van der Waals surface area (Å²) < 4.78 is 0. The van der Waals surface area contributed by atoms with Crippen molar-refractivity contribution in [3.63, 3.8) is 0 Å². The van der Waals surface area contributed by atoms with Crippen LogP contribution in [0.2, 0.25) is 5.02 Å². The second-order valence-corrected chi connectivity index (χ2v) is 10.3. The highest BCUT2D eigenvalue weighted by Crippen LogP contribution is 2.44. The van der Waals surface area contributed by atoms with Crippen LogP contribution < -0.4 is 0 Å². The van der Waals surface area contributed by atoms with Crippen molar-refractivity contribution in [3.8, 4) is 0 Å². The van der Waals surface area contributed by atoms with Gasteiger partial charge in [0.1, 0.15) is 0 Å². The Balaban J connectivity index is 1.76. The summed E-state index contributed by atoms with van der Waals surface area (Å²) in [6.45, 7) is 12.1. The Morgan fingerprint density at radius 2 is 1.47 bits per heavy atom. The minimum atomic E-state index is 0.202. The van der Waals surface area contributed by atoms with Gasteiger partial charge in [-0.25, -0.2) is 0 Å². The highest BCUT2D eigenvalue weighted by molar-refractivity contribution is 6.30. The number of likely N-dealkylation sites (tertiary alicyclic amines) is 1. The zero-order valence-electron chi connectivity index (χ0n) is 19.8. The molecule has 1 heterocycles. The van der Waals surface area contributed by atoms with Crippen LogP contribution in [0.4, 0.5) is 0 Å². The van der Waals surface area contributed by atoms with Crippen molar-refractivity contribution >= 4 is 11.6 Å². The van der Waals surface area contributed by atoms with Crippen LogP contribution >= 0.6 is 11.6 Å². The summed E-state index contributed by atoms with van der Waals surface area (Å²) in [7, 11) is 0. The molecule has 1 aromatic carbocycles. The van der Waals surface area contributed by atoms with Crippen LogP contribution in [0.25, 0.3) is 0 Å². The fourth-order valence-electron chi connectivity index (χ4n) is 5.96. The molecule has 1 aliphatic carbocycles. The molecule has 1 aliphatic heterocycles. The van der Waals surface area contributed by atoms with Crippen LogP contribution in [-0.2, 0) is 5.54 Å².